The molecule has 1 aliphatic rings. The minimum atomic E-state index is 0.568. The predicted octanol–water partition coefficient (Wildman–Crippen LogP) is 4.55. The summed E-state index contributed by atoms with van der Waals surface area (Å²) in [6, 6.07) is 9.01. The van der Waals surface area contributed by atoms with Gasteiger partial charge in [-0.1, -0.05) is 25.5 Å². The highest BCUT2D eigenvalue weighted by molar-refractivity contribution is 7.99. The maximum Gasteiger partial charge on any atom is 0.178 e. The second kappa shape index (κ2) is 5.10. The number of imidazole rings is 1. The summed E-state index contributed by atoms with van der Waals surface area (Å²) in [5, 5.41) is 0.723. The number of para-hydroxylation sites is 2. The lowest BCUT2D eigenvalue weighted by Gasteiger charge is -2.21. The maximum atomic E-state index is 5.52. The van der Waals surface area contributed by atoms with Crippen molar-refractivity contribution in [1.29, 1.82) is 0 Å². The zero-order valence-electron chi connectivity index (χ0n) is 10.6. The molecule has 0 amide bonds. The minimum Gasteiger partial charge on any atom is -0.331 e. The first-order valence-corrected chi connectivity index (χ1v) is 8.08. The Hall–Kier alpha value is -0.740. The summed E-state index contributed by atoms with van der Waals surface area (Å²) < 4.78 is 3.23. The molecule has 0 aliphatic heterocycles. The van der Waals surface area contributed by atoms with Gasteiger partial charge in [0.25, 0.3) is 0 Å². The van der Waals surface area contributed by atoms with E-state index in [-0.39, 0.29) is 0 Å². The molecule has 3 rings (SSSR count). The van der Waals surface area contributed by atoms with Crippen LogP contribution in [0.25, 0.3) is 11.0 Å². The first-order valence-electron chi connectivity index (χ1n) is 6.62. The van der Waals surface area contributed by atoms with E-state index in [1.54, 1.807) is 0 Å². The van der Waals surface area contributed by atoms with Crippen molar-refractivity contribution >= 4 is 35.0 Å². The average Bonchev–Trinajstić information content (AvgIpc) is 2.92. The van der Waals surface area contributed by atoms with Gasteiger partial charge < -0.3 is 9.55 Å². The fraction of sp³-hybridized carbons (Fsp3) is 0.500. The van der Waals surface area contributed by atoms with Crippen LogP contribution in [-0.2, 0) is 0 Å². The molecule has 2 unspecified atom stereocenters. The van der Waals surface area contributed by atoms with Gasteiger partial charge in [0.2, 0.25) is 0 Å². The zero-order chi connectivity index (χ0) is 12.5. The summed E-state index contributed by atoms with van der Waals surface area (Å²) in [6.07, 6.45) is 3.90. The Bertz CT molecular complexity index is 599. The van der Waals surface area contributed by atoms with Crippen LogP contribution in [0.15, 0.2) is 24.3 Å². The molecule has 18 heavy (non-hydrogen) atoms. The van der Waals surface area contributed by atoms with Crippen LogP contribution in [0, 0.1) is 4.77 Å². The van der Waals surface area contributed by atoms with Crippen LogP contribution >= 0.6 is 24.0 Å². The molecule has 1 aliphatic carbocycles. The third kappa shape index (κ3) is 2.01. The van der Waals surface area contributed by atoms with E-state index in [4.69, 9.17) is 12.2 Å². The van der Waals surface area contributed by atoms with Gasteiger partial charge in [0, 0.05) is 11.3 Å². The summed E-state index contributed by atoms with van der Waals surface area (Å²) in [4.78, 5) is 3.34. The van der Waals surface area contributed by atoms with Crippen molar-refractivity contribution in [3.05, 3.63) is 29.0 Å². The van der Waals surface area contributed by atoms with Crippen LogP contribution < -0.4 is 0 Å². The fourth-order valence-corrected chi connectivity index (χ4v) is 4.60. The second-order valence-electron chi connectivity index (χ2n) is 4.81. The number of H-pyrrole nitrogens is 1. The molecular formula is C14H18N2S2. The van der Waals surface area contributed by atoms with Crippen molar-refractivity contribution in [2.45, 2.75) is 37.5 Å². The Labute approximate surface area is 117 Å². The largest absolute Gasteiger partial charge is 0.331 e. The van der Waals surface area contributed by atoms with Crippen LogP contribution in [0.5, 0.6) is 0 Å². The molecule has 1 aromatic heterocycles. The number of rotatable bonds is 3. The molecule has 2 aromatic rings. The average molecular weight is 278 g/mol. The number of thioether (sulfide) groups is 1. The summed E-state index contributed by atoms with van der Waals surface area (Å²) in [6.45, 7) is 2.24. The molecule has 1 N–H and O–H groups in total. The topological polar surface area (TPSA) is 20.7 Å². The monoisotopic (exact) mass is 278 g/mol. The van der Waals surface area contributed by atoms with Gasteiger partial charge in [-0.25, -0.2) is 0 Å². The van der Waals surface area contributed by atoms with Crippen molar-refractivity contribution in [3.63, 3.8) is 0 Å². The SMILES string of the molecule is CCSC1CCCC1n1c(=S)[nH]c2ccccc21. The minimum absolute atomic E-state index is 0.568. The van der Waals surface area contributed by atoms with Gasteiger partial charge in [0.05, 0.1) is 11.0 Å². The highest BCUT2D eigenvalue weighted by atomic mass is 32.2. The molecule has 0 bridgehead atoms. The Balaban J connectivity index is 2.08. The highest BCUT2D eigenvalue weighted by Crippen LogP contribution is 2.40. The molecule has 4 heteroatoms. The van der Waals surface area contributed by atoms with E-state index in [0.29, 0.717) is 6.04 Å². The molecule has 2 atom stereocenters. The van der Waals surface area contributed by atoms with Gasteiger partial charge in [0.15, 0.2) is 4.77 Å². The van der Waals surface area contributed by atoms with Crippen molar-refractivity contribution in [2.24, 2.45) is 0 Å². The Kier molecular flexibility index (Phi) is 3.48. The van der Waals surface area contributed by atoms with E-state index in [2.05, 4.69) is 52.5 Å². The van der Waals surface area contributed by atoms with Crippen molar-refractivity contribution < 1.29 is 0 Å². The van der Waals surface area contributed by atoms with Gasteiger partial charge in [-0.15, -0.1) is 0 Å². The quantitative estimate of drug-likeness (QED) is 0.832. The van der Waals surface area contributed by atoms with E-state index in [1.807, 2.05) is 0 Å². The Morgan fingerprint density at radius 1 is 1.39 bits per heavy atom. The summed E-state index contributed by atoms with van der Waals surface area (Å²) in [7, 11) is 0. The summed E-state index contributed by atoms with van der Waals surface area (Å²) >= 11 is 7.61. The molecule has 2 nitrogen and oxygen atoms in total. The van der Waals surface area contributed by atoms with Gasteiger partial charge in [-0.2, -0.15) is 11.8 Å². The van der Waals surface area contributed by atoms with E-state index >= 15 is 0 Å². The first kappa shape index (κ1) is 12.3. The third-order valence-electron chi connectivity index (χ3n) is 3.75. The van der Waals surface area contributed by atoms with E-state index in [1.165, 1.54) is 30.5 Å². The van der Waals surface area contributed by atoms with Crippen molar-refractivity contribution in [3.8, 4) is 0 Å². The normalized spacial score (nSPS) is 23.8. The van der Waals surface area contributed by atoms with Crippen molar-refractivity contribution in [2.75, 3.05) is 5.75 Å². The lowest BCUT2D eigenvalue weighted by Crippen LogP contribution is -2.16. The standard InChI is InChI=1S/C14H18N2S2/c1-2-18-13-9-5-8-12(13)16-11-7-4-3-6-10(11)15-14(16)17/h3-4,6-7,12-13H,2,5,8-9H2,1H3,(H,15,17). The molecule has 0 saturated heterocycles. The molecule has 1 aromatic carbocycles. The Morgan fingerprint density at radius 3 is 3.06 bits per heavy atom. The number of nitrogens with zero attached hydrogens (tertiary/aromatic N) is 1. The number of aromatic nitrogens is 2. The number of aromatic amines is 1. The smallest absolute Gasteiger partial charge is 0.178 e. The van der Waals surface area contributed by atoms with E-state index in [9.17, 15) is 0 Å². The molecular weight excluding hydrogens is 260 g/mol. The fourth-order valence-electron chi connectivity index (χ4n) is 3.01. The van der Waals surface area contributed by atoms with Crippen LogP contribution in [0.2, 0.25) is 0 Å². The number of fused-ring (bicyclic) bond motifs is 1. The number of hydrogen-bond acceptors (Lipinski definition) is 2. The predicted molar refractivity (Wildman–Crippen MR) is 81.9 cm³/mol. The van der Waals surface area contributed by atoms with Gasteiger partial charge in [0.1, 0.15) is 0 Å². The zero-order valence-corrected chi connectivity index (χ0v) is 12.2. The molecule has 1 fully saturated rings. The first-order chi connectivity index (χ1) is 8.81. The third-order valence-corrected chi connectivity index (χ3v) is 5.36. The highest BCUT2D eigenvalue weighted by Gasteiger charge is 2.29. The Morgan fingerprint density at radius 2 is 2.22 bits per heavy atom. The molecule has 0 spiro atoms. The molecule has 1 saturated carbocycles. The van der Waals surface area contributed by atoms with Crippen LogP contribution in [0.1, 0.15) is 32.2 Å². The lowest BCUT2D eigenvalue weighted by molar-refractivity contribution is 0.536. The van der Waals surface area contributed by atoms with Crippen LogP contribution in [0.4, 0.5) is 0 Å². The van der Waals surface area contributed by atoms with Crippen molar-refractivity contribution in [1.82, 2.24) is 9.55 Å². The molecule has 96 valence electrons. The maximum absolute atomic E-state index is 5.52. The molecule has 1 heterocycles. The van der Waals surface area contributed by atoms with Gasteiger partial charge >= 0.3 is 0 Å². The van der Waals surface area contributed by atoms with Gasteiger partial charge in [-0.3, -0.25) is 0 Å². The number of hydrogen-bond donors (Lipinski definition) is 1. The van der Waals surface area contributed by atoms with E-state index < -0.39 is 0 Å². The number of benzene rings is 1. The summed E-state index contributed by atoms with van der Waals surface area (Å²) in [5.41, 5.74) is 2.42. The lowest BCUT2D eigenvalue weighted by atomic mass is 10.2. The van der Waals surface area contributed by atoms with Gasteiger partial charge in [-0.05, 0) is 42.9 Å². The number of nitrogens with one attached hydrogen (secondary N) is 1. The van der Waals surface area contributed by atoms with E-state index in [0.717, 1.165) is 15.5 Å². The van der Waals surface area contributed by atoms with Crippen LogP contribution in [0.3, 0.4) is 0 Å². The molecule has 0 radical (unpaired) electrons. The second-order valence-corrected chi connectivity index (χ2v) is 6.71. The summed E-state index contributed by atoms with van der Waals surface area (Å²) in [5.74, 6) is 1.19. The van der Waals surface area contributed by atoms with Crippen LogP contribution in [-0.4, -0.2) is 20.6 Å².